The monoisotopic (exact) mass is 373 g/mol. The highest BCUT2D eigenvalue weighted by Gasteiger charge is 2.11. The molecule has 0 bridgehead atoms. The first kappa shape index (κ1) is 17.4. The molecule has 128 valence electrons. The van der Waals surface area contributed by atoms with E-state index >= 15 is 0 Å². The maximum atomic E-state index is 12.1. The highest BCUT2D eigenvalue weighted by molar-refractivity contribution is 7.99. The Bertz CT molecular complexity index is 905. The maximum absolute atomic E-state index is 12.1. The molecule has 3 rings (SSSR count). The third kappa shape index (κ3) is 4.37. The standard InChI is InChI=1S/C17H16ClN5OS/c1-2-19-16-11-6-3-4-7-12(11)22-17(23-16)25-10-14(24)21-13-8-5-9-20-15(13)18/h3-9H,2,10H2,1H3,(H,21,24)(H,19,22,23). The van der Waals surface area contributed by atoms with E-state index in [1.54, 1.807) is 18.3 Å². The Balaban J connectivity index is 1.72. The molecule has 1 aromatic carbocycles. The fraction of sp³-hybridized carbons (Fsp3) is 0.176. The zero-order chi connectivity index (χ0) is 17.6. The van der Waals surface area contributed by atoms with Crippen LogP contribution in [0.25, 0.3) is 10.9 Å². The maximum Gasteiger partial charge on any atom is 0.234 e. The Morgan fingerprint density at radius 2 is 2.04 bits per heavy atom. The lowest BCUT2D eigenvalue weighted by Gasteiger charge is -2.09. The van der Waals surface area contributed by atoms with Crippen molar-refractivity contribution in [2.75, 3.05) is 22.9 Å². The number of para-hydroxylation sites is 1. The van der Waals surface area contributed by atoms with E-state index < -0.39 is 0 Å². The Kier molecular flexibility index (Phi) is 5.67. The minimum atomic E-state index is -0.193. The van der Waals surface area contributed by atoms with E-state index in [1.807, 2.05) is 31.2 Å². The predicted octanol–water partition coefficient (Wildman–Crippen LogP) is 3.84. The van der Waals surface area contributed by atoms with Gasteiger partial charge in [0.2, 0.25) is 5.91 Å². The number of carbonyl (C=O) groups is 1. The molecule has 0 aliphatic rings. The molecule has 0 radical (unpaired) electrons. The van der Waals surface area contributed by atoms with Gasteiger partial charge in [-0.05, 0) is 31.2 Å². The van der Waals surface area contributed by atoms with Crippen molar-refractivity contribution in [2.24, 2.45) is 0 Å². The van der Waals surface area contributed by atoms with Crippen molar-refractivity contribution in [3.05, 3.63) is 47.7 Å². The summed E-state index contributed by atoms with van der Waals surface area (Å²) in [5.41, 5.74) is 1.33. The summed E-state index contributed by atoms with van der Waals surface area (Å²) in [6.07, 6.45) is 1.57. The summed E-state index contributed by atoms with van der Waals surface area (Å²) in [5.74, 6) is 0.753. The van der Waals surface area contributed by atoms with E-state index in [9.17, 15) is 4.79 Å². The molecule has 2 aromatic heterocycles. The first-order valence-electron chi connectivity index (χ1n) is 7.71. The Labute approximate surface area is 154 Å². The number of amides is 1. The summed E-state index contributed by atoms with van der Waals surface area (Å²) in [7, 11) is 0. The molecule has 2 N–H and O–H groups in total. The van der Waals surface area contributed by atoms with E-state index in [4.69, 9.17) is 11.6 Å². The van der Waals surface area contributed by atoms with Crippen molar-refractivity contribution in [1.82, 2.24) is 15.0 Å². The van der Waals surface area contributed by atoms with Crippen molar-refractivity contribution in [3.63, 3.8) is 0 Å². The first-order valence-corrected chi connectivity index (χ1v) is 9.07. The fourth-order valence-electron chi connectivity index (χ4n) is 2.22. The van der Waals surface area contributed by atoms with Crippen LogP contribution in [0.15, 0.2) is 47.8 Å². The van der Waals surface area contributed by atoms with Gasteiger partial charge < -0.3 is 10.6 Å². The van der Waals surface area contributed by atoms with Gasteiger partial charge in [0, 0.05) is 18.1 Å². The summed E-state index contributed by atoms with van der Waals surface area (Å²) < 4.78 is 0. The Morgan fingerprint density at radius 3 is 2.84 bits per heavy atom. The highest BCUT2D eigenvalue weighted by Crippen LogP contribution is 2.24. The van der Waals surface area contributed by atoms with Gasteiger partial charge >= 0.3 is 0 Å². The predicted molar refractivity (Wildman–Crippen MR) is 102 cm³/mol. The molecule has 25 heavy (non-hydrogen) atoms. The largest absolute Gasteiger partial charge is 0.370 e. The molecule has 1 amide bonds. The van der Waals surface area contributed by atoms with Gasteiger partial charge in [-0.25, -0.2) is 15.0 Å². The number of anilines is 2. The van der Waals surface area contributed by atoms with Crippen LogP contribution >= 0.6 is 23.4 Å². The number of hydrogen-bond acceptors (Lipinski definition) is 6. The van der Waals surface area contributed by atoms with Crippen LogP contribution < -0.4 is 10.6 Å². The summed E-state index contributed by atoms with van der Waals surface area (Å²) in [6.45, 7) is 2.76. The first-order chi connectivity index (χ1) is 12.2. The molecule has 0 saturated carbocycles. The van der Waals surface area contributed by atoms with Gasteiger partial charge in [0.05, 0.1) is 17.0 Å². The van der Waals surface area contributed by atoms with Gasteiger partial charge in [0.25, 0.3) is 0 Å². The molecule has 0 unspecified atom stereocenters. The van der Waals surface area contributed by atoms with Crippen LogP contribution in [0.1, 0.15) is 6.92 Å². The Hall–Kier alpha value is -2.38. The molecular formula is C17H16ClN5OS. The molecule has 0 saturated heterocycles. The molecule has 0 fully saturated rings. The molecular weight excluding hydrogens is 358 g/mol. The van der Waals surface area contributed by atoms with Crippen LogP contribution in [0, 0.1) is 0 Å². The molecule has 0 atom stereocenters. The van der Waals surface area contributed by atoms with Crippen LogP contribution in [-0.2, 0) is 4.79 Å². The van der Waals surface area contributed by atoms with E-state index in [2.05, 4.69) is 25.6 Å². The number of pyridine rings is 1. The number of benzene rings is 1. The van der Waals surface area contributed by atoms with Gasteiger partial charge in [0.15, 0.2) is 10.3 Å². The summed E-state index contributed by atoms with van der Waals surface area (Å²) in [6, 6.07) is 11.2. The second-order valence-corrected chi connectivity index (χ2v) is 6.38. The average molecular weight is 374 g/mol. The van der Waals surface area contributed by atoms with E-state index in [1.165, 1.54) is 11.8 Å². The average Bonchev–Trinajstić information content (AvgIpc) is 2.62. The fourth-order valence-corrected chi connectivity index (χ4v) is 3.04. The van der Waals surface area contributed by atoms with Crippen molar-refractivity contribution >= 4 is 51.7 Å². The van der Waals surface area contributed by atoms with E-state index in [-0.39, 0.29) is 16.8 Å². The molecule has 0 aliphatic carbocycles. The van der Waals surface area contributed by atoms with Gasteiger partial charge in [-0.15, -0.1) is 0 Å². The summed E-state index contributed by atoms with van der Waals surface area (Å²) in [5, 5.41) is 7.73. The van der Waals surface area contributed by atoms with E-state index in [0.717, 1.165) is 23.3 Å². The Morgan fingerprint density at radius 1 is 1.20 bits per heavy atom. The van der Waals surface area contributed by atoms with Crippen molar-refractivity contribution < 1.29 is 4.79 Å². The molecule has 3 aromatic rings. The van der Waals surface area contributed by atoms with Crippen LogP contribution in [0.5, 0.6) is 0 Å². The van der Waals surface area contributed by atoms with Crippen LogP contribution in [0.2, 0.25) is 5.15 Å². The quantitative estimate of drug-likeness (QED) is 0.388. The minimum absolute atomic E-state index is 0.176. The zero-order valence-electron chi connectivity index (χ0n) is 13.5. The topological polar surface area (TPSA) is 79.8 Å². The van der Waals surface area contributed by atoms with Crippen LogP contribution in [0.4, 0.5) is 11.5 Å². The van der Waals surface area contributed by atoms with Gasteiger partial charge in [-0.1, -0.05) is 35.5 Å². The zero-order valence-corrected chi connectivity index (χ0v) is 15.1. The molecule has 0 aliphatic heterocycles. The van der Waals surface area contributed by atoms with Crippen LogP contribution in [0.3, 0.4) is 0 Å². The molecule has 2 heterocycles. The number of hydrogen-bond donors (Lipinski definition) is 2. The number of rotatable bonds is 6. The van der Waals surface area contributed by atoms with Crippen LogP contribution in [-0.4, -0.2) is 33.2 Å². The molecule has 6 nitrogen and oxygen atoms in total. The van der Waals surface area contributed by atoms with Gasteiger partial charge in [-0.3, -0.25) is 4.79 Å². The van der Waals surface area contributed by atoms with Crippen molar-refractivity contribution in [1.29, 1.82) is 0 Å². The lowest BCUT2D eigenvalue weighted by atomic mass is 10.2. The van der Waals surface area contributed by atoms with Gasteiger partial charge in [-0.2, -0.15) is 0 Å². The van der Waals surface area contributed by atoms with Crippen molar-refractivity contribution in [3.8, 4) is 0 Å². The lowest BCUT2D eigenvalue weighted by Crippen LogP contribution is -2.15. The number of nitrogens with one attached hydrogen (secondary N) is 2. The number of nitrogens with zero attached hydrogens (tertiary/aromatic N) is 3. The minimum Gasteiger partial charge on any atom is -0.370 e. The second-order valence-electron chi connectivity index (χ2n) is 5.08. The van der Waals surface area contributed by atoms with E-state index in [0.29, 0.717) is 10.8 Å². The number of fused-ring (bicyclic) bond motifs is 1. The van der Waals surface area contributed by atoms with Crippen molar-refractivity contribution in [2.45, 2.75) is 12.1 Å². The lowest BCUT2D eigenvalue weighted by molar-refractivity contribution is -0.113. The number of halogens is 1. The third-order valence-electron chi connectivity index (χ3n) is 3.29. The number of aromatic nitrogens is 3. The molecule has 0 spiro atoms. The smallest absolute Gasteiger partial charge is 0.234 e. The second kappa shape index (κ2) is 8.13. The normalized spacial score (nSPS) is 10.6. The summed E-state index contributed by atoms with van der Waals surface area (Å²) in [4.78, 5) is 25.1. The summed E-state index contributed by atoms with van der Waals surface area (Å²) >= 11 is 7.21. The SMILES string of the molecule is CCNc1nc(SCC(=O)Nc2cccnc2Cl)nc2ccccc12. The van der Waals surface area contributed by atoms with Gasteiger partial charge in [0.1, 0.15) is 5.82 Å². The molecule has 8 heteroatoms. The third-order valence-corrected chi connectivity index (χ3v) is 4.44. The number of thioether (sulfide) groups is 1. The number of carbonyl (C=O) groups excluding carboxylic acids is 1. The highest BCUT2D eigenvalue weighted by atomic mass is 35.5.